The van der Waals surface area contributed by atoms with E-state index in [0.29, 0.717) is 51.9 Å². The summed E-state index contributed by atoms with van der Waals surface area (Å²) in [6, 6.07) is 24.9. The second kappa shape index (κ2) is 15.3. The number of phosphoric acid groups is 1. The summed E-state index contributed by atoms with van der Waals surface area (Å²) < 4.78 is 128. The third kappa shape index (κ3) is 7.95. The van der Waals surface area contributed by atoms with Crippen LogP contribution in [0.25, 0.3) is 0 Å². The van der Waals surface area contributed by atoms with E-state index >= 15 is 0 Å². The normalized spacial score (nSPS) is 14.6. The molecule has 0 aliphatic carbocycles. The van der Waals surface area contributed by atoms with E-state index in [1.165, 1.54) is 30.3 Å². The predicted octanol–water partition coefficient (Wildman–Crippen LogP) is 10.3. The first-order valence-corrected chi connectivity index (χ1v) is 19.6. The molecule has 0 aromatic heterocycles. The first kappa shape index (κ1) is 37.9. The van der Waals surface area contributed by atoms with E-state index in [1.807, 2.05) is 0 Å². The Kier molecular flexibility index (Phi) is 9.79. The summed E-state index contributed by atoms with van der Waals surface area (Å²) in [5, 5.41) is 3.23. The van der Waals surface area contributed by atoms with Crippen molar-refractivity contribution < 1.29 is 54.0 Å². The summed E-state index contributed by atoms with van der Waals surface area (Å²) in [4.78, 5) is 5.12. The molecule has 3 aliphatic rings. The quantitative estimate of drug-likeness (QED) is 0.112. The van der Waals surface area contributed by atoms with Gasteiger partial charge in [-0.1, -0.05) is 0 Å². The Morgan fingerprint density at radius 1 is 0.475 bits per heavy atom. The molecule has 3 aliphatic heterocycles. The van der Waals surface area contributed by atoms with Gasteiger partial charge >= 0.3 is 7.82 Å². The van der Waals surface area contributed by atoms with Crippen molar-refractivity contribution in [3.63, 3.8) is 0 Å². The Balaban J connectivity index is 1.01. The van der Waals surface area contributed by atoms with Gasteiger partial charge in [0.1, 0.15) is 28.7 Å². The minimum absolute atomic E-state index is 0.0548. The molecular formula is C42H31F6N4O6P. The Morgan fingerprint density at radius 2 is 0.881 bits per heavy atom. The molecule has 6 aromatic carbocycles. The van der Waals surface area contributed by atoms with Gasteiger partial charge in [-0.25, -0.2) is 26.3 Å². The molecule has 0 radical (unpaired) electrons. The summed E-state index contributed by atoms with van der Waals surface area (Å²) in [7, 11) is -4.67. The maximum Gasteiger partial charge on any atom is 0.647 e. The number of halogens is 6. The SMILES string of the molecule is O=P(Oc1ccc2c(c1)CN(c1ccc(F)c(F)c1)CN2)(Oc1ccc2c(c1)CN(c1ccc(F)c(F)c1)CO2)Oc1ccc2c(c1)CN(c1ccc(F)c(F)c1)CO2. The number of phosphoric ester groups is 1. The summed E-state index contributed by atoms with van der Waals surface area (Å²) in [5.74, 6) is -4.75. The van der Waals surface area contributed by atoms with Gasteiger partial charge in [-0.15, -0.1) is 0 Å². The van der Waals surface area contributed by atoms with Gasteiger partial charge in [0.05, 0.1) is 6.67 Å². The second-order valence-electron chi connectivity index (χ2n) is 13.8. The van der Waals surface area contributed by atoms with Crippen molar-refractivity contribution in [3.05, 3.63) is 161 Å². The molecule has 3 heterocycles. The molecule has 6 aromatic rings. The number of nitrogens with zero attached hydrogens (tertiary/aromatic N) is 3. The fourth-order valence-corrected chi connectivity index (χ4v) is 8.15. The van der Waals surface area contributed by atoms with Gasteiger partial charge in [0.2, 0.25) is 0 Å². The van der Waals surface area contributed by atoms with Crippen molar-refractivity contribution in [2.75, 3.05) is 40.1 Å². The Bertz CT molecular complexity index is 2370. The number of rotatable bonds is 9. The molecule has 0 saturated carbocycles. The van der Waals surface area contributed by atoms with Crippen LogP contribution >= 0.6 is 7.82 Å². The van der Waals surface area contributed by atoms with Crippen molar-refractivity contribution >= 4 is 30.6 Å². The Hall–Kier alpha value is -6.67. The highest BCUT2D eigenvalue weighted by Crippen LogP contribution is 2.51. The van der Waals surface area contributed by atoms with Gasteiger partial charge in [-0.2, -0.15) is 4.57 Å². The molecule has 0 atom stereocenters. The van der Waals surface area contributed by atoms with E-state index in [4.69, 9.17) is 23.0 Å². The van der Waals surface area contributed by atoms with Crippen LogP contribution < -0.4 is 43.1 Å². The molecule has 10 nitrogen and oxygen atoms in total. The number of ether oxygens (including phenoxy) is 2. The minimum Gasteiger partial charge on any atom is -0.473 e. The molecule has 59 heavy (non-hydrogen) atoms. The van der Waals surface area contributed by atoms with Gasteiger partial charge < -0.3 is 43.1 Å². The standard InChI is InChI=1S/C42H31F6N4O6P/c43-34-7-1-28(16-37(34)46)50-19-25-13-31(4-10-40(25)49-22-50)56-59(53,57-32-5-11-41-26(14-32)20-51(23-54-41)29-2-8-35(44)38(47)17-29)58-33-6-12-42-27(15-33)21-52(24-55-42)30-3-9-36(45)39(48)18-30/h1-18,49H,19-24H2. The largest absolute Gasteiger partial charge is 0.647 e. The lowest BCUT2D eigenvalue weighted by molar-refractivity contribution is 0.282. The smallest absolute Gasteiger partial charge is 0.473 e. The molecule has 0 bridgehead atoms. The van der Waals surface area contributed by atoms with Crippen molar-refractivity contribution in [1.29, 1.82) is 0 Å². The summed E-state index contributed by atoms with van der Waals surface area (Å²) in [6.45, 7) is 1.08. The summed E-state index contributed by atoms with van der Waals surface area (Å²) in [6.07, 6.45) is 0. The van der Waals surface area contributed by atoms with Crippen LogP contribution in [-0.2, 0) is 24.2 Å². The number of fused-ring (bicyclic) bond motifs is 3. The maximum atomic E-state index is 14.9. The molecule has 9 rings (SSSR count). The zero-order chi connectivity index (χ0) is 40.8. The van der Waals surface area contributed by atoms with Gasteiger partial charge in [0.15, 0.2) is 48.4 Å². The monoisotopic (exact) mass is 832 g/mol. The van der Waals surface area contributed by atoms with Crippen LogP contribution in [0.15, 0.2) is 109 Å². The van der Waals surface area contributed by atoms with Gasteiger partial charge in [-0.3, -0.25) is 0 Å². The zero-order valence-corrected chi connectivity index (χ0v) is 31.5. The first-order valence-electron chi connectivity index (χ1n) is 18.1. The van der Waals surface area contributed by atoms with Gasteiger partial charge in [0, 0.05) is 71.7 Å². The number of hydrogen-bond donors (Lipinski definition) is 1. The topological polar surface area (TPSA) is 85.0 Å². The van der Waals surface area contributed by atoms with Crippen molar-refractivity contribution in [3.8, 4) is 28.7 Å². The fourth-order valence-electron chi connectivity index (χ4n) is 6.93. The van der Waals surface area contributed by atoms with Crippen LogP contribution in [0.3, 0.4) is 0 Å². The number of hydrogen-bond acceptors (Lipinski definition) is 10. The van der Waals surface area contributed by atoms with Crippen LogP contribution in [-0.4, -0.2) is 20.1 Å². The van der Waals surface area contributed by atoms with E-state index in [1.54, 1.807) is 57.2 Å². The van der Waals surface area contributed by atoms with E-state index in [2.05, 4.69) is 5.32 Å². The first-order chi connectivity index (χ1) is 28.4. The molecule has 0 spiro atoms. The molecule has 17 heteroatoms. The van der Waals surface area contributed by atoms with E-state index < -0.39 is 42.7 Å². The molecule has 302 valence electrons. The molecule has 0 unspecified atom stereocenters. The van der Waals surface area contributed by atoms with Gasteiger partial charge in [0.25, 0.3) is 0 Å². The minimum atomic E-state index is -4.67. The van der Waals surface area contributed by atoms with E-state index in [-0.39, 0.29) is 50.3 Å². The highest BCUT2D eigenvalue weighted by molar-refractivity contribution is 7.49. The highest BCUT2D eigenvalue weighted by Gasteiger charge is 2.35. The van der Waals surface area contributed by atoms with Crippen molar-refractivity contribution in [2.45, 2.75) is 19.6 Å². The van der Waals surface area contributed by atoms with Crippen molar-refractivity contribution in [1.82, 2.24) is 0 Å². The Morgan fingerprint density at radius 3 is 1.34 bits per heavy atom. The van der Waals surface area contributed by atoms with Crippen LogP contribution in [0.2, 0.25) is 0 Å². The van der Waals surface area contributed by atoms with Crippen LogP contribution in [0.5, 0.6) is 28.7 Å². The molecule has 0 fully saturated rings. The lowest BCUT2D eigenvalue weighted by Crippen LogP contribution is -2.33. The number of anilines is 4. The summed E-state index contributed by atoms with van der Waals surface area (Å²) in [5.41, 5.74) is 3.75. The number of nitrogens with one attached hydrogen (secondary N) is 1. The Labute approximate surface area is 333 Å². The van der Waals surface area contributed by atoms with E-state index in [0.717, 1.165) is 42.1 Å². The number of benzene rings is 6. The average molecular weight is 833 g/mol. The second-order valence-corrected chi connectivity index (χ2v) is 15.3. The molecular weight excluding hydrogens is 801 g/mol. The van der Waals surface area contributed by atoms with Crippen LogP contribution in [0.4, 0.5) is 49.1 Å². The lowest BCUT2D eigenvalue weighted by Gasteiger charge is -2.32. The van der Waals surface area contributed by atoms with Crippen LogP contribution in [0.1, 0.15) is 16.7 Å². The highest BCUT2D eigenvalue weighted by atomic mass is 31.2. The van der Waals surface area contributed by atoms with Gasteiger partial charge in [-0.05, 0) is 96.6 Å². The molecule has 0 amide bonds. The lowest BCUT2D eigenvalue weighted by atomic mass is 10.1. The molecule has 1 N–H and O–H groups in total. The predicted molar refractivity (Wildman–Crippen MR) is 206 cm³/mol. The third-order valence-electron chi connectivity index (χ3n) is 9.89. The van der Waals surface area contributed by atoms with Crippen molar-refractivity contribution in [2.24, 2.45) is 0 Å². The molecule has 0 saturated heterocycles. The third-order valence-corrected chi connectivity index (χ3v) is 11.2. The van der Waals surface area contributed by atoms with Crippen LogP contribution in [0, 0.1) is 34.9 Å². The maximum absolute atomic E-state index is 14.9. The van der Waals surface area contributed by atoms with E-state index in [9.17, 15) is 30.9 Å². The summed E-state index contributed by atoms with van der Waals surface area (Å²) >= 11 is 0. The fraction of sp³-hybridized carbons (Fsp3) is 0.143. The zero-order valence-electron chi connectivity index (χ0n) is 30.6. The average Bonchev–Trinajstić information content (AvgIpc) is 3.23.